The van der Waals surface area contributed by atoms with E-state index in [0.29, 0.717) is 31.2 Å². The SMILES string of the molecule is O=CC(CC(=O)O)NC(=O)C1CCCCN1C(=O)C(=O)Nc1cccc2ccccc12. The number of piperidine rings is 1. The van der Waals surface area contributed by atoms with Gasteiger partial charge in [0, 0.05) is 17.6 Å². The number of hydrogen-bond acceptors (Lipinski definition) is 5. The largest absolute Gasteiger partial charge is 0.481 e. The number of aliphatic carboxylic acids is 1. The Morgan fingerprint density at radius 1 is 1.10 bits per heavy atom. The van der Waals surface area contributed by atoms with Crippen LogP contribution in [0.1, 0.15) is 25.7 Å². The number of carboxylic acid groups (broad SMARTS) is 1. The Morgan fingerprint density at radius 2 is 1.84 bits per heavy atom. The van der Waals surface area contributed by atoms with Crippen LogP contribution in [0.3, 0.4) is 0 Å². The van der Waals surface area contributed by atoms with Crippen LogP contribution in [0, 0.1) is 0 Å². The second-order valence-electron chi connectivity index (χ2n) is 7.34. The Balaban J connectivity index is 1.73. The molecule has 3 N–H and O–H groups in total. The number of anilines is 1. The lowest BCUT2D eigenvalue weighted by atomic mass is 10.0. The van der Waals surface area contributed by atoms with Crippen LogP contribution < -0.4 is 10.6 Å². The summed E-state index contributed by atoms with van der Waals surface area (Å²) >= 11 is 0. The number of nitrogens with zero attached hydrogens (tertiary/aromatic N) is 1. The van der Waals surface area contributed by atoms with E-state index in [1.54, 1.807) is 12.1 Å². The maximum absolute atomic E-state index is 12.9. The molecule has 2 atom stereocenters. The van der Waals surface area contributed by atoms with Crippen molar-refractivity contribution in [2.24, 2.45) is 0 Å². The van der Waals surface area contributed by atoms with Gasteiger partial charge in [0.15, 0.2) is 0 Å². The van der Waals surface area contributed by atoms with Crippen molar-refractivity contribution in [2.45, 2.75) is 37.8 Å². The van der Waals surface area contributed by atoms with Crippen LogP contribution in [0.15, 0.2) is 42.5 Å². The van der Waals surface area contributed by atoms with Gasteiger partial charge in [-0.3, -0.25) is 19.2 Å². The van der Waals surface area contributed by atoms with E-state index in [4.69, 9.17) is 5.11 Å². The molecule has 3 rings (SSSR count). The fourth-order valence-corrected chi connectivity index (χ4v) is 3.69. The normalized spacial score (nSPS) is 16.9. The first-order valence-corrected chi connectivity index (χ1v) is 9.98. The van der Waals surface area contributed by atoms with Crippen molar-refractivity contribution in [3.63, 3.8) is 0 Å². The van der Waals surface area contributed by atoms with Gasteiger partial charge < -0.3 is 25.4 Å². The fraction of sp³-hybridized carbons (Fsp3) is 0.318. The molecule has 2 unspecified atom stereocenters. The summed E-state index contributed by atoms with van der Waals surface area (Å²) < 4.78 is 0. The summed E-state index contributed by atoms with van der Waals surface area (Å²) in [4.78, 5) is 61.2. The van der Waals surface area contributed by atoms with Gasteiger partial charge in [-0.2, -0.15) is 0 Å². The summed E-state index contributed by atoms with van der Waals surface area (Å²) in [5.74, 6) is -3.60. The molecule has 1 heterocycles. The number of rotatable bonds is 6. The zero-order valence-corrected chi connectivity index (χ0v) is 16.7. The number of carboxylic acids is 1. The first-order chi connectivity index (χ1) is 14.9. The number of hydrogen-bond donors (Lipinski definition) is 3. The van der Waals surface area contributed by atoms with Crippen LogP contribution in [0.2, 0.25) is 0 Å². The van der Waals surface area contributed by atoms with Crippen LogP contribution in [0.4, 0.5) is 5.69 Å². The third kappa shape index (κ3) is 5.25. The van der Waals surface area contributed by atoms with Crippen molar-refractivity contribution in [1.82, 2.24) is 10.2 Å². The number of fused-ring (bicyclic) bond motifs is 1. The maximum Gasteiger partial charge on any atom is 0.313 e. The van der Waals surface area contributed by atoms with Crippen molar-refractivity contribution < 1.29 is 29.1 Å². The van der Waals surface area contributed by atoms with Gasteiger partial charge in [0.1, 0.15) is 12.3 Å². The number of benzene rings is 2. The minimum Gasteiger partial charge on any atom is -0.481 e. The van der Waals surface area contributed by atoms with Crippen LogP contribution in [0.5, 0.6) is 0 Å². The molecule has 0 aromatic heterocycles. The lowest BCUT2D eigenvalue weighted by Crippen LogP contribution is -2.56. The maximum atomic E-state index is 12.9. The average molecular weight is 425 g/mol. The third-order valence-corrected chi connectivity index (χ3v) is 5.18. The predicted molar refractivity (Wildman–Crippen MR) is 112 cm³/mol. The zero-order valence-electron chi connectivity index (χ0n) is 16.7. The molecule has 3 amide bonds. The molecule has 162 valence electrons. The van der Waals surface area contributed by atoms with Gasteiger partial charge in [-0.15, -0.1) is 0 Å². The Hall–Kier alpha value is -3.75. The molecule has 0 bridgehead atoms. The minimum atomic E-state index is -1.23. The quantitative estimate of drug-likeness (QED) is 0.472. The summed E-state index contributed by atoms with van der Waals surface area (Å²) in [5.41, 5.74) is 0.483. The second-order valence-corrected chi connectivity index (χ2v) is 7.34. The molecule has 1 aliphatic heterocycles. The minimum absolute atomic E-state index is 0.213. The zero-order chi connectivity index (χ0) is 22.4. The number of nitrogens with one attached hydrogen (secondary N) is 2. The standard InChI is InChI=1S/C22H23N3O6/c26-13-15(12-19(27)28)23-20(29)18-10-3-4-11-25(18)22(31)21(30)24-17-9-5-7-14-6-1-2-8-16(14)17/h1-2,5-9,13,15,18H,3-4,10-12H2,(H,23,29)(H,24,30)(H,27,28). The van der Waals surface area contributed by atoms with Crippen LogP contribution in [-0.4, -0.2) is 58.6 Å². The van der Waals surface area contributed by atoms with Crippen molar-refractivity contribution in [1.29, 1.82) is 0 Å². The van der Waals surface area contributed by atoms with E-state index in [9.17, 15) is 24.0 Å². The summed E-state index contributed by atoms with van der Waals surface area (Å²) in [6, 6.07) is 10.6. The molecular weight excluding hydrogens is 402 g/mol. The highest BCUT2D eigenvalue weighted by atomic mass is 16.4. The lowest BCUT2D eigenvalue weighted by molar-refractivity contribution is -0.149. The first-order valence-electron chi connectivity index (χ1n) is 9.98. The van der Waals surface area contributed by atoms with Gasteiger partial charge in [0.05, 0.1) is 12.5 Å². The summed E-state index contributed by atoms with van der Waals surface area (Å²) in [6.07, 6.45) is 1.39. The molecule has 0 aliphatic carbocycles. The summed E-state index contributed by atoms with van der Waals surface area (Å²) in [5, 5.41) is 15.5. The summed E-state index contributed by atoms with van der Waals surface area (Å²) in [7, 11) is 0. The van der Waals surface area contributed by atoms with Crippen molar-refractivity contribution in [3.05, 3.63) is 42.5 Å². The van der Waals surface area contributed by atoms with Gasteiger partial charge in [0.25, 0.3) is 0 Å². The Labute approximate surface area is 178 Å². The molecule has 1 saturated heterocycles. The van der Waals surface area contributed by atoms with E-state index >= 15 is 0 Å². The van der Waals surface area contributed by atoms with Crippen molar-refractivity contribution in [2.75, 3.05) is 11.9 Å². The average Bonchev–Trinajstić information content (AvgIpc) is 2.78. The van der Waals surface area contributed by atoms with Gasteiger partial charge in [0.2, 0.25) is 5.91 Å². The fourth-order valence-electron chi connectivity index (χ4n) is 3.69. The number of likely N-dealkylation sites (tertiary alicyclic amines) is 1. The molecule has 2 aromatic rings. The van der Waals surface area contributed by atoms with E-state index < -0.39 is 42.2 Å². The Bertz CT molecular complexity index is 1020. The van der Waals surface area contributed by atoms with Crippen LogP contribution >= 0.6 is 0 Å². The van der Waals surface area contributed by atoms with Crippen LogP contribution in [-0.2, 0) is 24.0 Å². The van der Waals surface area contributed by atoms with E-state index in [0.717, 1.165) is 10.8 Å². The summed E-state index contributed by atoms with van der Waals surface area (Å²) in [6.45, 7) is 0.213. The first kappa shape index (κ1) is 21.9. The number of carbonyl (C=O) groups is 5. The molecule has 0 saturated carbocycles. The molecule has 0 radical (unpaired) electrons. The molecule has 0 spiro atoms. The molecule has 2 aromatic carbocycles. The van der Waals surface area contributed by atoms with E-state index in [2.05, 4.69) is 10.6 Å². The number of aldehydes is 1. The Morgan fingerprint density at radius 3 is 2.58 bits per heavy atom. The van der Waals surface area contributed by atoms with Crippen molar-refractivity contribution in [3.8, 4) is 0 Å². The van der Waals surface area contributed by atoms with Gasteiger partial charge in [-0.1, -0.05) is 36.4 Å². The second kappa shape index (κ2) is 9.84. The molecule has 1 aliphatic rings. The smallest absolute Gasteiger partial charge is 0.313 e. The highest BCUT2D eigenvalue weighted by Gasteiger charge is 2.36. The van der Waals surface area contributed by atoms with Crippen LogP contribution in [0.25, 0.3) is 10.8 Å². The molecule has 9 heteroatoms. The number of amides is 3. The van der Waals surface area contributed by atoms with Gasteiger partial charge in [-0.25, -0.2) is 0 Å². The van der Waals surface area contributed by atoms with Crippen molar-refractivity contribution >= 4 is 46.4 Å². The van der Waals surface area contributed by atoms with Gasteiger partial charge >= 0.3 is 17.8 Å². The topological polar surface area (TPSA) is 133 Å². The monoisotopic (exact) mass is 425 g/mol. The number of carbonyl (C=O) groups excluding carboxylic acids is 4. The molecular formula is C22H23N3O6. The highest BCUT2D eigenvalue weighted by molar-refractivity contribution is 6.40. The molecule has 31 heavy (non-hydrogen) atoms. The Kier molecular flexibility index (Phi) is 6.96. The molecule has 1 fully saturated rings. The predicted octanol–water partition coefficient (Wildman–Crippen LogP) is 1.32. The third-order valence-electron chi connectivity index (χ3n) is 5.18. The lowest BCUT2D eigenvalue weighted by Gasteiger charge is -2.34. The highest BCUT2D eigenvalue weighted by Crippen LogP contribution is 2.24. The van der Waals surface area contributed by atoms with E-state index in [1.165, 1.54) is 4.90 Å². The van der Waals surface area contributed by atoms with E-state index in [-0.39, 0.29) is 6.54 Å². The molecule has 9 nitrogen and oxygen atoms in total. The van der Waals surface area contributed by atoms with E-state index in [1.807, 2.05) is 30.3 Å². The van der Waals surface area contributed by atoms with Gasteiger partial charge in [-0.05, 0) is 30.7 Å².